The van der Waals surface area contributed by atoms with E-state index in [0.29, 0.717) is 17.9 Å². The van der Waals surface area contributed by atoms with Gasteiger partial charge in [0.15, 0.2) is 0 Å². The van der Waals surface area contributed by atoms with E-state index in [2.05, 4.69) is 85.6 Å². The Morgan fingerprint density at radius 2 is 1.74 bits per heavy atom. The maximum absolute atomic E-state index is 9.13. The smallest absolute Gasteiger partial charge is 0.126 e. The summed E-state index contributed by atoms with van der Waals surface area (Å²) in [7, 11) is 0. The molecule has 1 aliphatic carbocycles. The van der Waals surface area contributed by atoms with Crippen LogP contribution in [0.4, 0.5) is 11.5 Å². The molecule has 1 aliphatic heterocycles. The topological polar surface area (TPSA) is 52.0 Å². The molecule has 2 aliphatic rings. The molecule has 38 heavy (non-hydrogen) atoms. The van der Waals surface area contributed by atoms with Gasteiger partial charge in [0.2, 0.25) is 0 Å². The van der Waals surface area contributed by atoms with Crippen LogP contribution in [0.5, 0.6) is 0 Å². The van der Waals surface area contributed by atoms with Gasteiger partial charge < -0.3 is 10.2 Å². The Kier molecular flexibility index (Phi) is 8.03. The number of hydrogen-bond acceptors (Lipinski definition) is 4. The van der Waals surface area contributed by atoms with Crippen LogP contribution in [-0.2, 0) is 5.41 Å². The fraction of sp³-hybridized carbons (Fsp3) is 0.471. The third-order valence-electron chi connectivity index (χ3n) is 8.58. The molecule has 0 spiro atoms. The first-order valence-corrected chi connectivity index (χ1v) is 14.5. The van der Waals surface area contributed by atoms with E-state index in [9.17, 15) is 0 Å². The second-order valence-electron chi connectivity index (χ2n) is 12.4. The van der Waals surface area contributed by atoms with Crippen LogP contribution in [0.25, 0.3) is 11.1 Å². The fourth-order valence-corrected chi connectivity index (χ4v) is 6.39. The summed E-state index contributed by atoms with van der Waals surface area (Å²) in [4.78, 5) is 7.26. The van der Waals surface area contributed by atoms with Crippen LogP contribution in [0.1, 0.15) is 76.8 Å². The zero-order chi connectivity index (χ0) is 26.5. The molecule has 0 amide bonds. The minimum Gasteiger partial charge on any atom is -0.371 e. The van der Waals surface area contributed by atoms with Crippen molar-refractivity contribution in [3.63, 3.8) is 0 Å². The molecule has 3 aromatic rings. The third-order valence-corrected chi connectivity index (χ3v) is 8.58. The molecule has 198 valence electrons. The monoisotopic (exact) mass is 506 g/mol. The van der Waals surface area contributed by atoms with Crippen LogP contribution in [0.3, 0.4) is 0 Å². The van der Waals surface area contributed by atoms with E-state index in [4.69, 9.17) is 10.2 Å². The molecule has 1 saturated carbocycles. The molecule has 0 radical (unpaired) electrons. The number of benzene rings is 2. The number of pyridine rings is 1. The highest BCUT2D eigenvalue weighted by atomic mass is 15.1. The van der Waals surface area contributed by atoms with E-state index in [1.54, 1.807) is 0 Å². The van der Waals surface area contributed by atoms with Crippen molar-refractivity contribution in [2.75, 3.05) is 23.3 Å². The molecule has 0 bridgehead atoms. The predicted octanol–water partition coefficient (Wildman–Crippen LogP) is 8.20. The lowest BCUT2D eigenvalue weighted by Gasteiger charge is -2.39. The predicted molar refractivity (Wildman–Crippen MR) is 158 cm³/mol. The van der Waals surface area contributed by atoms with Crippen LogP contribution >= 0.6 is 0 Å². The van der Waals surface area contributed by atoms with Gasteiger partial charge in [0.05, 0.1) is 11.6 Å². The lowest BCUT2D eigenvalue weighted by atomic mass is 9.77. The van der Waals surface area contributed by atoms with Gasteiger partial charge in [-0.3, -0.25) is 0 Å². The first-order valence-electron chi connectivity index (χ1n) is 14.5. The minimum absolute atomic E-state index is 0.133. The van der Waals surface area contributed by atoms with Crippen LogP contribution in [0.15, 0.2) is 66.9 Å². The summed E-state index contributed by atoms with van der Waals surface area (Å²) in [6.45, 7) is 9.04. The number of aromatic nitrogens is 1. The number of nitriles is 1. The fourth-order valence-electron chi connectivity index (χ4n) is 6.39. The second-order valence-corrected chi connectivity index (χ2v) is 12.4. The Morgan fingerprint density at radius 1 is 0.947 bits per heavy atom. The highest BCUT2D eigenvalue weighted by molar-refractivity contribution is 5.67. The SMILES string of the molecule is CC(C)(C)c1cccc(-c2ccnc(N[C@@H]3CCCC[C@H]3C[C@H]3CCCN(c4ccc(C#N)cc4)C3)c2)c1. The zero-order valence-corrected chi connectivity index (χ0v) is 23.3. The normalized spacial score (nSPS) is 22.1. The highest BCUT2D eigenvalue weighted by Crippen LogP contribution is 2.36. The molecular formula is C34H42N4. The van der Waals surface area contributed by atoms with Crippen molar-refractivity contribution in [2.45, 2.75) is 77.2 Å². The molecule has 0 unspecified atom stereocenters. The molecular weight excluding hydrogens is 464 g/mol. The standard InChI is InChI=1S/C34H42N4/c1-34(2,3)30-11-6-10-27(21-30)28-17-18-36-33(22-28)37-32-12-5-4-9-29(32)20-26-8-7-19-38(24-26)31-15-13-25(23-35)14-16-31/h6,10-11,13-18,21-22,26,29,32H,4-5,7-9,12,19-20,24H2,1-3H3,(H,36,37)/t26-,29+,32-/m1/s1. The van der Waals surface area contributed by atoms with Crippen LogP contribution in [0, 0.1) is 23.2 Å². The van der Waals surface area contributed by atoms with Crippen molar-refractivity contribution in [3.05, 3.63) is 78.0 Å². The van der Waals surface area contributed by atoms with E-state index in [1.165, 1.54) is 67.3 Å². The van der Waals surface area contributed by atoms with Gasteiger partial charge in [-0.15, -0.1) is 0 Å². The molecule has 3 atom stereocenters. The van der Waals surface area contributed by atoms with E-state index >= 15 is 0 Å². The third kappa shape index (κ3) is 6.38. The summed E-state index contributed by atoms with van der Waals surface area (Å²) in [5.41, 5.74) is 5.96. The summed E-state index contributed by atoms with van der Waals surface area (Å²) in [5, 5.41) is 13.0. The summed E-state index contributed by atoms with van der Waals surface area (Å²) >= 11 is 0. The Balaban J connectivity index is 1.25. The molecule has 2 fully saturated rings. The van der Waals surface area contributed by atoms with E-state index in [0.717, 1.165) is 24.5 Å². The van der Waals surface area contributed by atoms with Crippen LogP contribution in [-0.4, -0.2) is 24.1 Å². The first-order chi connectivity index (χ1) is 18.4. The molecule has 5 rings (SSSR count). The number of piperidine rings is 1. The average Bonchev–Trinajstić information content (AvgIpc) is 2.94. The van der Waals surface area contributed by atoms with Gasteiger partial charge in [-0.25, -0.2) is 4.98 Å². The van der Waals surface area contributed by atoms with Crippen molar-refractivity contribution in [1.82, 2.24) is 4.98 Å². The number of anilines is 2. The maximum Gasteiger partial charge on any atom is 0.126 e. The highest BCUT2D eigenvalue weighted by Gasteiger charge is 2.30. The van der Waals surface area contributed by atoms with Gasteiger partial charge in [0.1, 0.15) is 5.82 Å². The minimum atomic E-state index is 0.133. The Hall–Kier alpha value is -3.32. The molecule has 1 saturated heterocycles. The van der Waals surface area contributed by atoms with Gasteiger partial charge in [0, 0.05) is 31.0 Å². The number of nitrogens with zero attached hydrogens (tertiary/aromatic N) is 3. The van der Waals surface area contributed by atoms with Crippen molar-refractivity contribution < 1.29 is 0 Å². The van der Waals surface area contributed by atoms with E-state index < -0.39 is 0 Å². The van der Waals surface area contributed by atoms with Gasteiger partial charge in [-0.05, 0) is 102 Å². The molecule has 4 heteroatoms. The van der Waals surface area contributed by atoms with E-state index in [1.807, 2.05) is 18.3 Å². The molecule has 2 heterocycles. The van der Waals surface area contributed by atoms with Crippen molar-refractivity contribution >= 4 is 11.5 Å². The van der Waals surface area contributed by atoms with Gasteiger partial charge in [-0.2, -0.15) is 5.26 Å². The molecule has 1 aromatic heterocycles. The van der Waals surface area contributed by atoms with Gasteiger partial charge >= 0.3 is 0 Å². The first kappa shape index (κ1) is 26.3. The zero-order valence-electron chi connectivity index (χ0n) is 23.3. The Labute approximate surface area is 229 Å². The van der Waals surface area contributed by atoms with Crippen LogP contribution in [0.2, 0.25) is 0 Å². The Bertz CT molecular complexity index is 1250. The summed E-state index contributed by atoms with van der Waals surface area (Å²) in [6.07, 6.45) is 10.9. The van der Waals surface area contributed by atoms with Crippen molar-refractivity contribution in [2.24, 2.45) is 11.8 Å². The van der Waals surface area contributed by atoms with Crippen LogP contribution < -0.4 is 10.2 Å². The summed E-state index contributed by atoms with van der Waals surface area (Å²) in [5.74, 6) is 2.40. The lowest BCUT2D eigenvalue weighted by molar-refractivity contribution is 0.247. The van der Waals surface area contributed by atoms with E-state index in [-0.39, 0.29) is 5.41 Å². The number of nitrogens with one attached hydrogen (secondary N) is 1. The quantitative estimate of drug-likeness (QED) is 0.366. The number of hydrogen-bond donors (Lipinski definition) is 1. The second kappa shape index (κ2) is 11.6. The molecule has 1 N–H and O–H groups in total. The molecule has 4 nitrogen and oxygen atoms in total. The lowest BCUT2D eigenvalue weighted by Crippen LogP contribution is -2.39. The van der Waals surface area contributed by atoms with Crippen molar-refractivity contribution in [1.29, 1.82) is 5.26 Å². The van der Waals surface area contributed by atoms with Gasteiger partial charge in [0.25, 0.3) is 0 Å². The summed E-state index contributed by atoms with van der Waals surface area (Å²) in [6, 6.07) is 24.1. The van der Waals surface area contributed by atoms with Crippen molar-refractivity contribution in [3.8, 4) is 17.2 Å². The maximum atomic E-state index is 9.13. The Morgan fingerprint density at radius 3 is 2.53 bits per heavy atom. The molecule has 2 aromatic carbocycles. The largest absolute Gasteiger partial charge is 0.371 e. The summed E-state index contributed by atoms with van der Waals surface area (Å²) < 4.78 is 0. The van der Waals surface area contributed by atoms with Gasteiger partial charge in [-0.1, -0.05) is 57.9 Å². The number of rotatable bonds is 6. The average molecular weight is 507 g/mol.